The zero-order valence-corrected chi connectivity index (χ0v) is 24.4. The quantitative estimate of drug-likeness (QED) is 0.157. The van der Waals surface area contributed by atoms with Gasteiger partial charge in [-0.1, -0.05) is 12.8 Å². The molecule has 0 aromatic heterocycles. The number of rotatable bonds is 3. The summed E-state index contributed by atoms with van der Waals surface area (Å²) in [5.74, 6) is 0. The van der Waals surface area contributed by atoms with Crippen molar-refractivity contribution in [3.05, 3.63) is 67.8 Å². The van der Waals surface area contributed by atoms with Crippen molar-refractivity contribution in [2.75, 3.05) is 6.61 Å². The van der Waals surface area contributed by atoms with Gasteiger partial charge in [-0.3, -0.25) is 6.79 Å². The summed E-state index contributed by atoms with van der Waals surface area (Å²) in [6.45, 7) is 5.85. The summed E-state index contributed by atoms with van der Waals surface area (Å²) in [5, 5.41) is 0. The Morgan fingerprint density at radius 3 is 1.29 bits per heavy atom. The maximum absolute atomic E-state index is 7.75. The minimum atomic E-state index is 0.708. The van der Waals surface area contributed by atoms with Crippen LogP contribution in [0.5, 0.6) is 0 Å². The molecular formula is C26H42Mo2O2P-3. The predicted molar refractivity (Wildman–Crippen MR) is 131 cm³/mol. The number of ether oxygens (including phenoxy) is 1. The third-order valence-corrected chi connectivity index (χ3v) is 7.58. The standard InChI is InChI=1S/C12H23P.2C5H5.C3H7O.CHO.2Mo/c1-3-7-11(8-4-1)13-12-9-5-2-6-10-12;2*1-2-4-5-3-1;1-3-4-2;1-2;;/h11-13H,1-10H2;2*1-5H;2-3H2,1H3;1H;;/q;4*-1;;/p+1. The van der Waals surface area contributed by atoms with Gasteiger partial charge in [0.2, 0.25) is 0 Å². The van der Waals surface area contributed by atoms with Crippen molar-refractivity contribution in [1.29, 1.82) is 0 Å². The Morgan fingerprint density at radius 2 is 1.10 bits per heavy atom. The zero-order valence-electron chi connectivity index (χ0n) is 19.2. The van der Waals surface area contributed by atoms with E-state index in [-0.39, 0.29) is 0 Å². The van der Waals surface area contributed by atoms with Crippen LogP contribution in [0.15, 0.2) is 60.7 Å². The second-order valence-corrected chi connectivity index (χ2v) is 9.68. The molecule has 0 saturated heterocycles. The van der Waals surface area contributed by atoms with E-state index in [4.69, 9.17) is 4.79 Å². The van der Waals surface area contributed by atoms with Gasteiger partial charge in [0.05, 0.1) is 11.3 Å². The van der Waals surface area contributed by atoms with Gasteiger partial charge < -0.3 is 9.53 Å². The Morgan fingerprint density at radius 1 is 0.806 bits per heavy atom. The van der Waals surface area contributed by atoms with Crippen LogP contribution in [0.25, 0.3) is 0 Å². The molecule has 0 atom stereocenters. The maximum Gasteiger partial charge on any atom is -0.172 e. The summed E-state index contributed by atoms with van der Waals surface area (Å²) >= 11 is 3.92. The summed E-state index contributed by atoms with van der Waals surface area (Å²) in [6.07, 6.45) is 15.6. The van der Waals surface area contributed by atoms with Crippen LogP contribution in [0.2, 0.25) is 0 Å². The molecule has 2 aromatic carbocycles. The second-order valence-electron chi connectivity index (χ2n) is 7.41. The molecule has 5 heteroatoms. The molecule has 0 aliphatic heterocycles. The van der Waals surface area contributed by atoms with Crippen LogP contribution >= 0.6 is 8.58 Å². The Hall–Kier alpha value is 0.137. The summed E-state index contributed by atoms with van der Waals surface area (Å²) in [5.41, 5.74) is 2.41. The van der Waals surface area contributed by atoms with Crippen molar-refractivity contribution in [3.63, 3.8) is 0 Å². The van der Waals surface area contributed by atoms with Crippen LogP contribution < -0.4 is 0 Å². The van der Waals surface area contributed by atoms with Crippen molar-refractivity contribution in [2.24, 2.45) is 0 Å². The van der Waals surface area contributed by atoms with Gasteiger partial charge in [0.1, 0.15) is 0 Å². The van der Waals surface area contributed by atoms with Crippen LogP contribution in [0.3, 0.4) is 0 Å². The number of carbonyl (C=O) groups excluding carboxylic acids is 1. The summed E-state index contributed by atoms with van der Waals surface area (Å²) in [7, 11) is 3.93. The van der Waals surface area contributed by atoms with E-state index < -0.39 is 0 Å². The fourth-order valence-corrected chi connectivity index (χ4v) is 6.16. The number of hydrogen-bond donors (Lipinski definition) is 0. The SMILES string of the molecule is C1CCC([PH2+]C2CCCCC2)CC1.[CH-]=O.[CH2-]OCC.[Mo]#[Mo].c1cc[cH-]c1.c1cc[cH-]c1. The topological polar surface area (TPSA) is 26.3 Å². The van der Waals surface area contributed by atoms with E-state index in [1.54, 1.807) is 51.4 Å². The van der Waals surface area contributed by atoms with E-state index >= 15 is 0 Å². The average Bonchev–Trinajstić information content (AvgIpc) is 3.63. The first-order valence-corrected chi connectivity index (χ1v) is 18.3. The Bertz CT molecular complexity index is 438. The van der Waals surface area contributed by atoms with Crippen LogP contribution in [-0.4, -0.2) is 24.7 Å². The second kappa shape index (κ2) is 30.1. The fraction of sp³-hybridized carbons (Fsp3) is 0.538. The smallest absolute Gasteiger partial charge is 0.172 e. The molecule has 2 aliphatic carbocycles. The third-order valence-electron chi connectivity index (χ3n) is 5.16. The van der Waals surface area contributed by atoms with Gasteiger partial charge in [0.25, 0.3) is 0 Å². The van der Waals surface area contributed by atoms with E-state index in [1.165, 1.54) is 24.2 Å². The first-order chi connectivity index (χ1) is 15.4. The molecule has 4 rings (SSSR count). The van der Waals surface area contributed by atoms with Crippen molar-refractivity contribution >= 4 is 15.4 Å². The molecule has 0 unspecified atom stereocenters. The molecule has 31 heavy (non-hydrogen) atoms. The molecule has 2 fully saturated rings. The molecule has 0 radical (unpaired) electrons. The molecule has 2 aromatic rings. The summed E-state index contributed by atoms with van der Waals surface area (Å²) in [4.78, 5) is 7.75. The van der Waals surface area contributed by atoms with Gasteiger partial charge in [0, 0.05) is 6.61 Å². The van der Waals surface area contributed by atoms with Crippen LogP contribution in [0.4, 0.5) is 0 Å². The Balaban J connectivity index is 0. The van der Waals surface area contributed by atoms with Gasteiger partial charge in [-0.05, 0) is 66.9 Å². The van der Waals surface area contributed by atoms with Crippen molar-refractivity contribution in [3.8, 4) is 0 Å². The van der Waals surface area contributed by atoms with Gasteiger partial charge in [0.15, 0.2) is 0 Å². The monoisotopic (exact) mass is 613 g/mol. The maximum atomic E-state index is 7.75. The summed E-state index contributed by atoms with van der Waals surface area (Å²) in [6, 6.07) is 20.0. The van der Waals surface area contributed by atoms with Crippen molar-refractivity contribution < 1.29 is 41.4 Å². The predicted octanol–water partition coefficient (Wildman–Crippen LogP) is 7.41. The van der Waals surface area contributed by atoms with Crippen molar-refractivity contribution in [2.45, 2.75) is 82.4 Å². The molecule has 178 valence electrons. The largest absolute Gasteiger partial charge is 0.214 e. The molecule has 2 nitrogen and oxygen atoms in total. The van der Waals surface area contributed by atoms with Gasteiger partial charge in [-0.2, -0.15) is 36.4 Å². The van der Waals surface area contributed by atoms with E-state index in [0.717, 1.165) is 8.58 Å². The van der Waals surface area contributed by atoms with Crippen LogP contribution in [-0.2, 0) is 41.4 Å². The Labute approximate surface area is 212 Å². The minimum absolute atomic E-state index is 0.708. The van der Waals surface area contributed by atoms with Gasteiger partial charge in [-0.15, -0.1) is 0 Å². The normalized spacial score (nSPS) is 15.4. The molecule has 0 heterocycles. The minimum Gasteiger partial charge on any atom is -0.214 e. The van der Waals surface area contributed by atoms with E-state index in [9.17, 15) is 0 Å². The molecule has 0 bridgehead atoms. The van der Waals surface area contributed by atoms with E-state index in [2.05, 4.69) is 18.6 Å². The molecule has 0 spiro atoms. The van der Waals surface area contributed by atoms with Gasteiger partial charge >= 0.3 is 31.9 Å². The van der Waals surface area contributed by atoms with E-state index in [1.807, 2.05) is 99.5 Å². The number of hydrogen-bond acceptors (Lipinski definition) is 2. The van der Waals surface area contributed by atoms with Gasteiger partial charge in [-0.25, -0.2) is 31.4 Å². The zero-order chi connectivity index (χ0) is 23.4. The molecular weight excluding hydrogens is 567 g/mol. The molecule has 2 saturated carbocycles. The summed E-state index contributed by atoms with van der Waals surface area (Å²) < 4.78 is 4.29. The average molecular weight is 609 g/mol. The first-order valence-electron chi connectivity index (χ1n) is 11.3. The van der Waals surface area contributed by atoms with Crippen LogP contribution in [0, 0.1) is 7.11 Å². The molecule has 0 N–H and O–H groups in total. The van der Waals surface area contributed by atoms with Crippen LogP contribution in [0.1, 0.15) is 71.1 Å². The van der Waals surface area contributed by atoms with E-state index in [0.29, 0.717) is 6.61 Å². The Kier molecular flexibility index (Phi) is 32.4. The first kappa shape index (κ1) is 33.3. The van der Waals surface area contributed by atoms with Crippen molar-refractivity contribution in [1.82, 2.24) is 0 Å². The third kappa shape index (κ3) is 24.6. The molecule has 2 aliphatic rings. The molecule has 0 amide bonds. The fourth-order valence-electron chi connectivity index (χ4n) is 3.68.